The highest BCUT2D eigenvalue weighted by Crippen LogP contribution is 2.19. The summed E-state index contributed by atoms with van der Waals surface area (Å²) >= 11 is 11.4. The van der Waals surface area contributed by atoms with E-state index < -0.39 is 5.82 Å². The highest BCUT2D eigenvalue weighted by atomic mass is 35.5. The van der Waals surface area contributed by atoms with Crippen molar-refractivity contribution in [2.45, 2.75) is 5.88 Å². The molecule has 0 aromatic heterocycles. The number of hydrogen-bond acceptors (Lipinski definition) is 1. The Morgan fingerprint density at radius 3 is 2.42 bits per heavy atom. The number of alkyl halides is 1. The van der Waals surface area contributed by atoms with E-state index in [1.54, 1.807) is 24.3 Å². The summed E-state index contributed by atoms with van der Waals surface area (Å²) in [5.41, 5.74) is 1.71. The van der Waals surface area contributed by atoms with Gasteiger partial charge in [0.25, 0.3) is 5.91 Å². The van der Waals surface area contributed by atoms with Gasteiger partial charge in [-0.3, -0.25) is 4.79 Å². The highest BCUT2D eigenvalue weighted by Gasteiger charge is 2.07. The summed E-state index contributed by atoms with van der Waals surface area (Å²) in [6.45, 7) is 0. The van der Waals surface area contributed by atoms with Gasteiger partial charge in [0.1, 0.15) is 5.82 Å². The number of anilines is 1. The monoisotopic (exact) mass is 297 g/mol. The highest BCUT2D eigenvalue weighted by molar-refractivity contribution is 6.31. The molecular formula is C14H10Cl2FNO. The Morgan fingerprint density at radius 2 is 1.84 bits per heavy atom. The minimum absolute atomic E-state index is 0.229. The molecule has 0 aliphatic carbocycles. The second-order valence-electron chi connectivity index (χ2n) is 3.94. The molecule has 19 heavy (non-hydrogen) atoms. The zero-order valence-electron chi connectivity index (χ0n) is 9.79. The van der Waals surface area contributed by atoms with Gasteiger partial charge in [-0.25, -0.2) is 4.39 Å². The molecule has 0 unspecified atom stereocenters. The van der Waals surface area contributed by atoms with Crippen LogP contribution in [0.5, 0.6) is 0 Å². The first-order chi connectivity index (χ1) is 9.08. The molecule has 1 amide bonds. The Hall–Kier alpha value is -1.58. The average Bonchev–Trinajstić information content (AvgIpc) is 2.37. The van der Waals surface area contributed by atoms with Crippen molar-refractivity contribution in [3.63, 3.8) is 0 Å². The zero-order chi connectivity index (χ0) is 13.8. The van der Waals surface area contributed by atoms with Crippen molar-refractivity contribution in [2.75, 3.05) is 5.32 Å². The number of carbonyl (C=O) groups is 1. The van der Waals surface area contributed by atoms with Crippen LogP contribution < -0.4 is 5.32 Å². The summed E-state index contributed by atoms with van der Waals surface area (Å²) in [5.74, 6) is -0.440. The van der Waals surface area contributed by atoms with Gasteiger partial charge in [-0.15, -0.1) is 11.6 Å². The largest absolute Gasteiger partial charge is 0.322 e. The first-order valence-corrected chi connectivity index (χ1v) is 6.42. The third kappa shape index (κ3) is 3.69. The molecule has 2 aromatic rings. The predicted octanol–water partition coefficient (Wildman–Crippen LogP) is 4.47. The topological polar surface area (TPSA) is 29.1 Å². The molecule has 1 N–H and O–H groups in total. The summed E-state index contributed by atoms with van der Waals surface area (Å²) in [6.07, 6.45) is 0. The van der Waals surface area contributed by atoms with Crippen molar-refractivity contribution in [1.29, 1.82) is 0 Å². The lowest BCUT2D eigenvalue weighted by Crippen LogP contribution is -2.11. The molecule has 2 nitrogen and oxygen atoms in total. The quantitative estimate of drug-likeness (QED) is 0.832. The van der Waals surface area contributed by atoms with Crippen LogP contribution in [-0.4, -0.2) is 5.91 Å². The molecule has 0 saturated heterocycles. The second kappa shape index (κ2) is 6.04. The fourth-order valence-corrected chi connectivity index (χ4v) is 1.97. The Labute approximate surface area is 120 Å². The van der Waals surface area contributed by atoms with Gasteiger partial charge in [-0.2, -0.15) is 0 Å². The molecule has 0 atom stereocenters. The summed E-state index contributed by atoms with van der Waals surface area (Å²) in [7, 11) is 0. The van der Waals surface area contributed by atoms with E-state index in [-0.39, 0.29) is 10.9 Å². The fourth-order valence-electron chi connectivity index (χ4n) is 1.57. The van der Waals surface area contributed by atoms with Crippen LogP contribution in [0.25, 0.3) is 0 Å². The van der Waals surface area contributed by atoms with E-state index >= 15 is 0 Å². The summed E-state index contributed by atoms with van der Waals surface area (Å²) < 4.78 is 13.1. The lowest BCUT2D eigenvalue weighted by atomic mass is 10.1. The molecule has 2 aromatic carbocycles. The van der Waals surface area contributed by atoms with Crippen molar-refractivity contribution in [3.05, 3.63) is 64.4 Å². The van der Waals surface area contributed by atoms with Crippen LogP contribution in [0, 0.1) is 5.82 Å². The molecule has 5 heteroatoms. The van der Waals surface area contributed by atoms with E-state index in [1.165, 1.54) is 18.2 Å². The summed E-state index contributed by atoms with van der Waals surface area (Å²) in [4.78, 5) is 11.9. The third-order valence-corrected chi connectivity index (χ3v) is 3.02. The minimum atomic E-state index is -0.500. The van der Waals surface area contributed by atoms with Gasteiger partial charge in [0.2, 0.25) is 0 Å². The van der Waals surface area contributed by atoms with E-state index in [0.717, 1.165) is 5.56 Å². The normalized spacial score (nSPS) is 10.3. The molecule has 2 rings (SSSR count). The first-order valence-electron chi connectivity index (χ1n) is 5.51. The van der Waals surface area contributed by atoms with Crippen LogP contribution in [-0.2, 0) is 5.88 Å². The Balaban J connectivity index is 2.15. The van der Waals surface area contributed by atoms with Crippen molar-refractivity contribution in [3.8, 4) is 0 Å². The van der Waals surface area contributed by atoms with Gasteiger partial charge in [0.15, 0.2) is 0 Å². The number of rotatable bonds is 3. The number of carbonyl (C=O) groups excluding carboxylic acids is 1. The van der Waals surface area contributed by atoms with E-state index in [0.29, 0.717) is 17.1 Å². The standard InChI is InChI=1S/C14H10Cl2FNO/c15-8-9-1-3-10(4-2-9)14(19)18-13-6-11(16)5-12(17)7-13/h1-7H,8H2,(H,18,19). The number of benzene rings is 2. The Morgan fingerprint density at radius 1 is 1.16 bits per heavy atom. The van der Waals surface area contributed by atoms with Crippen molar-refractivity contribution < 1.29 is 9.18 Å². The molecule has 0 aliphatic rings. The SMILES string of the molecule is O=C(Nc1cc(F)cc(Cl)c1)c1ccc(CCl)cc1. The van der Waals surface area contributed by atoms with Gasteiger partial charge in [0, 0.05) is 22.2 Å². The van der Waals surface area contributed by atoms with Crippen LogP contribution in [0.15, 0.2) is 42.5 Å². The maximum absolute atomic E-state index is 13.1. The van der Waals surface area contributed by atoms with Gasteiger partial charge in [-0.1, -0.05) is 23.7 Å². The number of hydrogen-bond donors (Lipinski definition) is 1. The van der Waals surface area contributed by atoms with Crippen molar-refractivity contribution >= 4 is 34.8 Å². The van der Waals surface area contributed by atoms with Crippen LogP contribution in [0.3, 0.4) is 0 Å². The number of amides is 1. The Kier molecular flexibility index (Phi) is 4.40. The lowest BCUT2D eigenvalue weighted by molar-refractivity contribution is 0.102. The third-order valence-electron chi connectivity index (χ3n) is 2.49. The lowest BCUT2D eigenvalue weighted by Gasteiger charge is -2.06. The molecular weight excluding hydrogens is 288 g/mol. The van der Waals surface area contributed by atoms with Gasteiger partial charge >= 0.3 is 0 Å². The maximum atomic E-state index is 13.1. The summed E-state index contributed by atoms with van der Waals surface area (Å²) in [6, 6.07) is 10.7. The second-order valence-corrected chi connectivity index (χ2v) is 4.65. The molecule has 0 bridgehead atoms. The average molecular weight is 298 g/mol. The maximum Gasteiger partial charge on any atom is 0.255 e. The number of halogens is 3. The van der Waals surface area contributed by atoms with Gasteiger partial charge < -0.3 is 5.32 Å². The van der Waals surface area contributed by atoms with E-state index in [4.69, 9.17) is 23.2 Å². The van der Waals surface area contributed by atoms with Crippen LogP contribution in [0.1, 0.15) is 15.9 Å². The van der Waals surface area contributed by atoms with Crippen molar-refractivity contribution in [1.82, 2.24) is 0 Å². The van der Waals surface area contributed by atoms with Crippen LogP contribution in [0.2, 0.25) is 5.02 Å². The molecule has 0 aliphatic heterocycles. The molecule has 0 heterocycles. The smallest absolute Gasteiger partial charge is 0.255 e. The first kappa shape index (κ1) is 13.8. The van der Waals surface area contributed by atoms with Gasteiger partial charge in [0.05, 0.1) is 0 Å². The molecule has 98 valence electrons. The summed E-state index contributed by atoms with van der Waals surface area (Å²) in [5, 5.41) is 2.81. The predicted molar refractivity (Wildman–Crippen MR) is 75.4 cm³/mol. The number of nitrogens with one attached hydrogen (secondary N) is 1. The minimum Gasteiger partial charge on any atom is -0.322 e. The van der Waals surface area contributed by atoms with E-state index in [1.807, 2.05) is 0 Å². The van der Waals surface area contributed by atoms with E-state index in [2.05, 4.69) is 5.32 Å². The molecule has 0 spiro atoms. The molecule has 0 saturated carbocycles. The van der Waals surface area contributed by atoms with E-state index in [9.17, 15) is 9.18 Å². The zero-order valence-corrected chi connectivity index (χ0v) is 11.3. The molecule has 0 radical (unpaired) electrons. The van der Waals surface area contributed by atoms with Gasteiger partial charge in [-0.05, 0) is 35.9 Å². The van der Waals surface area contributed by atoms with Crippen LogP contribution >= 0.6 is 23.2 Å². The van der Waals surface area contributed by atoms with Crippen molar-refractivity contribution in [2.24, 2.45) is 0 Å². The fraction of sp³-hybridized carbons (Fsp3) is 0.0714. The molecule has 0 fully saturated rings. The Bertz CT molecular complexity index is 579. The van der Waals surface area contributed by atoms with Crippen LogP contribution in [0.4, 0.5) is 10.1 Å².